The molecule has 0 bridgehead atoms. The molecule has 8 nitrogen and oxygen atoms in total. The van der Waals surface area contributed by atoms with Gasteiger partial charge in [0.05, 0.1) is 15.7 Å². The summed E-state index contributed by atoms with van der Waals surface area (Å²) in [5.41, 5.74) is 0.307. The fourth-order valence-corrected chi connectivity index (χ4v) is 4.56. The normalized spacial score (nSPS) is 17.8. The van der Waals surface area contributed by atoms with Crippen LogP contribution in [-0.2, 0) is 14.8 Å². The molecule has 0 aliphatic carbocycles. The Bertz CT molecular complexity index is 977. The van der Waals surface area contributed by atoms with Gasteiger partial charge in [-0.2, -0.15) is 4.31 Å². The first kappa shape index (κ1) is 19.9. The number of nitro benzene ring substituents is 1. The molecule has 0 saturated carbocycles. The minimum atomic E-state index is -3.82. The number of sulfonamides is 1. The summed E-state index contributed by atoms with van der Waals surface area (Å²) in [6.07, 6.45) is 1.03. The van der Waals surface area contributed by atoms with Gasteiger partial charge in [0.2, 0.25) is 15.9 Å². The summed E-state index contributed by atoms with van der Waals surface area (Å²) in [5, 5.41) is 13.3. The topological polar surface area (TPSA) is 110 Å². The molecular weight excluding hydrogens is 389 g/mol. The van der Waals surface area contributed by atoms with Gasteiger partial charge in [0.15, 0.2) is 0 Å². The van der Waals surface area contributed by atoms with E-state index in [-0.39, 0.29) is 29.6 Å². The molecule has 1 heterocycles. The van der Waals surface area contributed by atoms with E-state index in [1.807, 2.05) is 0 Å². The van der Waals surface area contributed by atoms with Crippen LogP contribution in [0.25, 0.3) is 0 Å². The van der Waals surface area contributed by atoms with E-state index >= 15 is 0 Å². The molecule has 0 spiro atoms. The van der Waals surface area contributed by atoms with Gasteiger partial charge in [-0.15, -0.1) is 0 Å². The van der Waals surface area contributed by atoms with Gasteiger partial charge in [0.25, 0.3) is 5.69 Å². The number of nitro groups is 1. The highest BCUT2D eigenvalue weighted by Crippen LogP contribution is 2.25. The molecule has 1 unspecified atom stereocenters. The van der Waals surface area contributed by atoms with Crippen LogP contribution in [-0.4, -0.2) is 36.6 Å². The fraction of sp³-hybridized carbons (Fsp3) is 0.278. The van der Waals surface area contributed by atoms with E-state index in [0.717, 1.165) is 12.1 Å². The summed E-state index contributed by atoms with van der Waals surface area (Å²) < 4.78 is 39.8. The van der Waals surface area contributed by atoms with Gasteiger partial charge in [-0.1, -0.05) is 0 Å². The molecule has 28 heavy (non-hydrogen) atoms. The number of anilines is 1. The van der Waals surface area contributed by atoms with E-state index < -0.39 is 26.7 Å². The number of carbonyl (C=O) groups excluding carboxylic acids is 1. The van der Waals surface area contributed by atoms with Crippen LogP contribution in [0.15, 0.2) is 53.4 Å². The summed E-state index contributed by atoms with van der Waals surface area (Å²) in [5.74, 6) is -1.44. The quantitative estimate of drug-likeness (QED) is 0.605. The van der Waals surface area contributed by atoms with Gasteiger partial charge in [-0.25, -0.2) is 12.8 Å². The Labute approximate surface area is 161 Å². The van der Waals surface area contributed by atoms with Crippen molar-refractivity contribution in [1.29, 1.82) is 0 Å². The Morgan fingerprint density at radius 1 is 1.14 bits per heavy atom. The molecule has 1 atom stereocenters. The molecule has 3 rings (SSSR count). The molecule has 1 aliphatic rings. The maximum atomic E-state index is 13.1. The van der Waals surface area contributed by atoms with Gasteiger partial charge in [0.1, 0.15) is 5.82 Å². The van der Waals surface area contributed by atoms with Crippen molar-refractivity contribution in [1.82, 2.24) is 4.31 Å². The molecule has 0 aromatic heterocycles. The first-order chi connectivity index (χ1) is 13.3. The zero-order valence-electron chi connectivity index (χ0n) is 14.7. The Balaban J connectivity index is 1.69. The third-order valence-corrected chi connectivity index (χ3v) is 6.43. The number of halogens is 1. The van der Waals surface area contributed by atoms with Crippen molar-refractivity contribution < 1.29 is 22.5 Å². The maximum Gasteiger partial charge on any atom is 0.269 e. The van der Waals surface area contributed by atoms with E-state index in [4.69, 9.17) is 0 Å². The van der Waals surface area contributed by atoms with Crippen molar-refractivity contribution in [2.75, 3.05) is 18.4 Å². The van der Waals surface area contributed by atoms with Crippen LogP contribution in [0, 0.1) is 21.8 Å². The third-order valence-electron chi connectivity index (χ3n) is 4.55. The van der Waals surface area contributed by atoms with Crippen molar-refractivity contribution in [3.63, 3.8) is 0 Å². The number of nitrogens with one attached hydrogen (secondary N) is 1. The molecule has 148 valence electrons. The number of carbonyl (C=O) groups is 1. The number of non-ortho nitro benzene ring substituents is 1. The van der Waals surface area contributed by atoms with Crippen LogP contribution in [0.1, 0.15) is 12.8 Å². The molecular formula is C18H18FN3O5S. The van der Waals surface area contributed by atoms with Gasteiger partial charge >= 0.3 is 0 Å². The Morgan fingerprint density at radius 3 is 2.39 bits per heavy atom. The van der Waals surface area contributed by atoms with Gasteiger partial charge in [-0.05, 0) is 49.2 Å². The molecule has 1 saturated heterocycles. The van der Waals surface area contributed by atoms with Crippen LogP contribution in [0.4, 0.5) is 15.8 Å². The highest BCUT2D eigenvalue weighted by Gasteiger charge is 2.33. The first-order valence-corrected chi connectivity index (χ1v) is 10.0. The molecule has 2 aromatic carbocycles. The lowest BCUT2D eigenvalue weighted by Gasteiger charge is -2.31. The zero-order valence-corrected chi connectivity index (χ0v) is 15.6. The van der Waals surface area contributed by atoms with Gasteiger partial charge in [-0.3, -0.25) is 14.9 Å². The molecule has 0 radical (unpaired) electrons. The predicted octanol–water partition coefficient (Wildman–Crippen LogP) is 2.77. The van der Waals surface area contributed by atoms with Gasteiger partial charge < -0.3 is 5.32 Å². The van der Waals surface area contributed by atoms with Crippen LogP contribution in [0.2, 0.25) is 0 Å². The van der Waals surface area contributed by atoms with Crippen molar-refractivity contribution >= 4 is 27.3 Å². The molecule has 1 amide bonds. The lowest BCUT2D eigenvalue weighted by Crippen LogP contribution is -2.43. The van der Waals surface area contributed by atoms with E-state index in [0.29, 0.717) is 18.5 Å². The summed E-state index contributed by atoms with van der Waals surface area (Å²) in [4.78, 5) is 22.6. The number of benzene rings is 2. The number of rotatable bonds is 5. The molecule has 1 fully saturated rings. The standard InChI is InChI=1S/C18H18FN3O5S/c19-14-3-9-17(10-4-14)28(26,27)21-11-1-2-13(12-21)18(23)20-15-5-7-16(8-6-15)22(24)25/h3-10,13H,1-2,11-12H2,(H,20,23). The smallest absolute Gasteiger partial charge is 0.269 e. The van der Waals surface area contributed by atoms with E-state index in [1.165, 1.54) is 40.7 Å². The van der Waals surface area contributed by atoms with Crippen LogP contribution < -0.4 is 5.32 Å². The minimum Gasteiger partial charge on any atom is -0.326 e. The van der Waals surface area contributed by atoms with Crippen molar-refractivity contribution in [2.24, 2.45) is 5.92 Å². The lowest BCUT2D eigenvalue weighted by atomic mass is 9.98. The second kappa shape index (κ2) is 8.03. The molecule has 10 heteroatoms. The highest BCUT2D eigenvalue weighted by atomic mass is 32.2. The second-order valence-electron chi connectivity index (χ2n) is 6.45. The number of amides is 1. The van der Waals surface area contributed by atoms with Crippen LogP contribution in [0.3, 0.4) is 0 Å². The SMILES string of the molecule is O=C(Nc1ccc([N+](=O)[O-])cc1)C1CCCN(S(=O)(=O)c2ccc(F)cc2)C1. The highest BCUT2D eigenvalue weighted by molar-refractivity contribution is 7.89. The molecule has 2 aromatic rings. The third kappa shape index (κ3) is 4.34. The summed E-state index contributed by atoms with van der Waals surface area (Å²) in [6.45, 7) is 0.291. The van der Waals surface area contributed by atoms with Crippen LogP contribution >= 0.6 is 0 Å². The Morgan fingerprint density at radius 2 is 1.79 bits per heavy atom. The monoisotopic (exact) mass is 407 g/mol. The maximum absolute atomic E-state index is 13.1. The zero-order chi connectivity index (χ0) is 20.3. The number of piperidine rings is 1. The average Bonchev–Trinajstić information content (AvgIpc) is 2.69. The summed E-state index contributed by atoms with van der Waals surface area (Å²) in [6, 6.07) is 9.96. The fourth-order valence-electron chi connectivity index (χ4n) is 3.04. The number of nitrogens with zero attached hydrogens (tertiary/aromatic N) is 2. The lowest BCUT2D eigenvalue weighted by molar-refractivity contribution is -0.384. The first-order valence-electron chi connectivity index (χ1n) is 8.58. The predicted molar refractivity (Wildman–Crippen MR) is 99.6 cm³/mol. The molecule has 1 N–H and O–H groups in total. The van der Waals surface area contributed by atoms with E-state index in [2.05, 4.69) is 5.32 Å². The van der Waals surface area contributed by atoms with Crippen molar-refractivity contribution in [3.05, 3.63) is 64.5 Å². The van der Waals surface area contributed by atoms with Crippen molar-refractivity contribution in [2.45, 2.75) is 17.7 Å². The Kier molecular flexibility index (Phi) is 5.71. The van der Waals surface area contributed by atoms with Crippen molar-refractivity contribution in [3.8, 4) is 0 Å². The number of hydrogen-bond acceptors (Lipinski definition) is 5. The average molecular weight is 407 g/mol. The van der Waals surface area contributed by atoms with Crippen LogP contribution in [0.5, 0.6) is 0 Å². The molecule has 1 aliphatic heterocycles. The summed E-state index contributed by atoms with van der Waals surface area (Å²) >= 11 is 0. The number of hydrogen-bond donors (Lipinski definition) is 1. The minimum absolute atomic E-state index is 0.0124. The Hall–Kier alpha value is -2.85. The summed E-state index contributed by atoms with van der Waals surface area (Å²) in [7, 11) is -3.82. The second-order valence-corrected chi connectivity index (χ2v) is 8.39. The van der Waals surface area contributed by atoms with E-state index in [1.54, 1.807) is 0 Å². The largest absolute Gasteiger partial charge is 0.326 e. The van der Waals surface area contributed by atoms with E-state index in [9.17, 15) is 27.7 Å². The van der Waals surface area contributed by atoms with Gasteiger partial charge in [0, 0.05) is 30.9 Å².